The van der Waals surface area contributed by atoms with Crippen LogP contribution in [0.4, 0.5) is 9.93 Å². The number of thiazole rings is 1. The molecule has 1 amide bonds. The topological polar surface area (TPSA) is 63.7 Å². The fourth-order valence-corrected chi connectivity index (χ4v) is 4.61. The second-order valence-corrected chi connectivity index (χ2v) is 8.66. The Labute approximate surface area is 193 Å². The Hall–Kier alpha value is -2.74. The van der Waals surface area contributed by atoms with Gasteiger partial charge in [0, 0.05) is 25.0 Å². The average molecular weight is 452 g/mol. The van der Waals surface area contributed by atoms with Gasteiger partial charge in [0.2, 0.25) is 0 Å². The van der Waals surface area contributed by atoms with E-state index in [1.165, 1.54) is 22.5 Å². The number of carbonyl (C=O) groups is 1. The maximum absolute atomic E-state index is 11.5. The molecule has 168 valence electrons. The molecule has 2 heterocycles. The quantitative estimate of drug-likeness (QED) is 0.491. The number of ether oxygens (including phenoxy) is 2. The molecule has 0 spiro atoms. The van der Waals surface area contributed by atoms with Crippen molar-refractivity contribution >= 4 is 22.6 Å². The molecule has 4 rings (SSSR count). The molecule has 1 aliphatic heterocycles. The molecule has 0 saturated carbocycles. The molecule has 1 aromatic heterocycles. The predicted molar refractivity (Wildman–Crippen MR) is 127 cm³/mol. The summed E-state index contributed by atoms with van der Waals surface area (Å²) >= 11 is 1.42. The summed E-state index contributed by atoms with van der Waals surface area (Å²) in [6.07, 6.45) is 1.66. The van der Waals surface area contributed by atoms with E-state index in [1.54, 1.807) is 6.92 Å². The molecule has 1 N–H and O–H groups in total. The third-order valence-corrected chi connectivity index (χ3v) is 6.30. The highest BCUT2D eigenvalue weighted by Crippen LogP contribution is 2.30. The van der Waals surface area contributed by atoms with Gasteiger partial charge in [0.1, 0.15) is 6.10 Å². The highest BCUT2D eigenvalue weighted by molar-refractivity contribution is 7.13. The van der Waals surface area contributed by atoms with Crippen LogP contribution in [-0.4, -0.2) is 41.8 Å². The molecule has 7 heteroatoms. The van der Waals surface area contributed by atoms with Crippen molar-refractivity contribution in [3.05, 3.63) is 82.9 Å². The smallest absolute Gasteiger partial charge is 0.413 e. The molecule has 1 fully saturated rings. The molecule has 0 aliphatic carbocycles. The van der Waals surface area contributed by atoms with Crippen LogP contribution in [0, 0.1) is 0 Å². The van der Waals surface area contributed by atoms with E-state index in [4.69, 9.17) is 9.47 Å². The van der Waals surface area contributed by atoms with Crippen molar-refractivity contribution in [2.24, 2.45) is 0 Å². The number of benzene rings is 2. The lowest BCUT2D eigenvalue weighted by molar-refractivity contribution is -0.0282. The van der Waals surface area contributed by atoms with Crippen molar-refractivity contribution in [3.8, 4) is 0 Å². The first kappa shape index (κ1) is 22.5. The molecule has 2 aromatic carbocycles. The van der Waals surface area contributed by atoms with E-state index < -0.39 is 6.09 Å². The molecule has 1 saturated heterocycles. The summed E-state index contributed by atoms with van der Waals surface area (Å²) in [6, 6.07) is 20.9. The number of rotatable bonds is 8. The largest absolute Gasteiger partial charge is 0.450 e. The number of nitrogens with one attached hydrogen (secondary N) is 1. The van der Waals surface area contributed by atoms with Crippen LogP contribution in [0.25, 0.3) is 0 Å². The number of hydrogen-bond acceptors (Lipinski definition) is 6. The Balaban J connectivity index is 1.31. The van der Waals surface area contributed by atoms with Crippen molar-refractivity contribution < 1.29 is 14.3 Å². The van der Waals surface area contributed by atoms with Crippen LogP contribution in [0.15, 0.2) is 66.0 Å². The fourth-order valence-electron chi connectivity index (χ4n) is 3.92. The summed E-state index contributed by atoms with van der Waals surface area (Å²) in [5.74, 6) is 0. The lowest BCUT2D eigenvalue weighted by atomic mass is 10.00. The van der Waals surface area contributed by atoms with Crippen LogP contribution in [0.5, 0.6) is 0 Å². The first-order valence-electron chi connectivity index (χ1n) is 11.1. The Morgan fingerprint density at radius 3 is 2.31 bits per heavy atom. The van der Waals surface area contributed by atoms with E-state index >= 15 is 0 Å². The van der Waals surface area contributed by atoms with Gasteiger partial charge in [0.05, 0.1) is 18.4 Å². The lowest BCUT2D eigenvalue weighted by Crippen LogP contribution is -2.37. The molecule has 0 bridgehead atoms. The van der Waals surface area contributed by atoms with Crippen LogP contribution in [0.1, 0.15) is 42.7 Å². The second kappa shape index (κ2) is 11.2. The van der Waals surface area contributed by atoms with Gasteiger partial charge in [-0.1, -0.05) is 60.7 Å². The Morgan fingerprint density at radius 2 is 1.72 bits per heavy atom. The van der Waals surface area contributed by atoms with Crippen LogP contribution in [-0.2, 0) is 16.0 Å². The number of carbonyl (C=O) groups excluding carboxylic acids is 1. The minimum absolute atomic E-state index is 0.0519. The molecule has 3 aromatic rings. The fraction of sp³-hybridized carbons (Fsp3) is 0.360. The zero-order valence-corrected chi connectivity index (χ0v) is 19.1. The monoisotopic (exact) mass is 451 g/mol. The van der Waals surface area contributed by atoms with Crippen molar-refractivity contribution in [2.45, 2.75) is 38.5 Å². The zero-order valence-electron chi connectivity index (χ0n) is 18.3. The van der Waals surface area contributed by atoms with Crippen LogP contribution >= 0.6 is 11.3 Å². The van der Waals surface area contributed by atoms with E-state index in [0.29, 0.717) is 11.7 Å². The Kier molecular flexibility index (Phi) is 7.87. The average Bonchev–Trinajstić information content (AvgIpc) is 3.26. The third kappa shape index (κ3) is 6.16. The summed E-state index contributed by atoms with van der Waals surface area (Å²) in [5.41, 5.74) is 3.34. The van der Waals surface area contributed by atoms with Gasteiger partial charge < -0.3 is 9.47 Å². The number of aromatic nitrogens is 1. The number of nitrogens with zero attached hydrogens (tertiary/aromatic N) is 2. The molecular weight excluding hydrogens is 422 g/mol. The summed E-state index contributed by atoms with van der Waals surface area (Å²) < 4.78 is 11.5. The first-order valence-corrected chi connectivity index (χ1v) is 11.9. The van der Waals surface area contributed by atoms with Crippen LogP contribution in [0.2, 0.25) is 0 Å². The predicted octanol–water partition coefficient (Wildman–Crippen LogP) is 5.48. The van der Waals surface area contributed by atoms with Crippen molar-refractivity contribution in [1.29, 1.82) is 0 Å². The van der Waals surface area contributed by atoms with E-state index in [2.05, 4.69) is 63.7 Å². The van der Waals surface area contributed by atoms with Gasteiger partial charge in [0.25, 0.3) is 0 Å². The summed E-state index contributed by atoms with van der Waals surface area (Å²) in [5, 5.41) is 5.23. The lowest BCUT2D eigenvalue weighted by Gasteiger charge is -2.34. The number of anilines is 1. The van der Waals surface area contributed by atoms with E-state index in [1.807, 2.05) is 17.5 Å². The molecular formula is C25H29N3O3S. The highest BCUT2D eigenvalue weighted by Gasteiger charge is 2.25. The molecule has 0 atom stereocenters. The minimum Gasteiger partial charge on any atom is -0.450 e. The Morgan fingerprint density at radius 1 is 1.09 bits per heavy atom. The Bertz CT molecular complexity index is 933. The number of piperidine rings is 1. The van der Waals surface area contributed by atoms with Crippen molar-refractivity contribution in [1.82, 2.24) is 9.88 Å². The minimum atomic E-state index is -0.460. The second-order valence-electron chi connectivity index (χ2n) is 7.80. The molecule has 6 nitrogen and oxygen atoms in total. The molecule has 0 unspecified atom stereocenters. The highest BCUT2D eigenvalue weighted by atomic mass is 32.1. The SMILES string of the molecule is CCOC(=O)Nc1nc(CN2CCC(OC(c3ccccc3)c3ccccc3)CC2)cs1. The number of likely N-dealkylation sites (tertiary alicyclic amines) is 1. The van der Waals surface area contributed by atoms with E-state index in [9.17, 15) is 4.79 Å². The van der Waals surface area contributed by atoms with Crippen molar-refractivity contribution in [3.63, 3.8) is 0 Å². The normalized spacial score (nSPS) is 15.1. The van der Waals surface area contributed by atoms with Gasteiger partial charge in [0.15, 0.2) is 5.13 Å². The van der Waals surface area contributed by atoms with Crippen LogP contribution in [0.3, 0.4) is 0 Å². The van der Waals surface area contributed by atoms with Gasteiger partial charge in [-0.15, -0.1) is 11.3 Å². The number of hydrogen-bond donors (Lipinski definition) is 1. The standard InChI is InChI=1S/C25H29N3O3S/c1-2-30-25(29)27-24-26-21(18-32-24)17-28-15-13-22(14-16-28)31-23(19-9-5-3-6-10-19)20-11-7-4-8-12-20/h3-12,18,22-23H,2,13-17H2,1H3,(H,26,27,29). The number of amides is 1. The van der Waals surface area contributed by atoms with Gasteiger partial charge in [-0.05, 0) is 30.9 Å². The van der Waals surface area contributed by atoms with E-state index in [0.717, 1.165) is 38.2 Å². The molecule has 32 heavy (non-hydrogen) atoms. The van der Waals surface area contributed by atoms with Gasteiger partial charge in [-0.25, -0.2) is 9.78 Å². The van der Waals surface area contributed by atoms with Crippen LogP contribution < -0.4 is 5.32 Å². The summed E-state index contributed by atoms with van der Waals surface area (Å²) in [6.45, 7) is 4.81. The third-order valence-electron chi connectivity index (χ3n) is 5.49. The molecule has 1 aliphatic rings. The first-order chi connectivity index (χ1) is 15.7. The summed E-state index contributed by atoms with van der Waals surface area (Å²) in [4.78, 5) is 18.4. The van der Waals surface area contributed by atoms with Gasteiger partial charge >= 0.3 is 6.09 Å². The van der Waals surface area contributed by atoms with Gasteiger partial charge in [-0.2, -0.15) is 0 Å². The summed E-state index contributed by atoms with van der Waals surface area (Å²) in [7, 11) is 0. The van der Waals surface area contributed by atoms with E-state index in [-0.39, 0.29) is 12.2 Å². The van der Waals surface area contributed by atoms with Gasteiger partial charge in [-0.3, -0.25) is 10.2 Å². The zero-order chi connectivity index (χ0) is 22.2. The van der Waals surface area contributed by atoms with Crippen molar-refractivity contribution in [2.75, 3.05) is 25.0 Å². The molecule has 0 radical (unpaired) electrons. The maximum Gasteiger partial charge on any atom is 0.413 e. The maximum atomic E-state index is 11.5.